The number of likely N-dealkylation sites (tertiary alicyclic amines) is 1. The highest BCUT2D eigenvalue weighted by Crippen LogP contribution is 2.31. The summed E-state index contributed by atoms with van der Waals surface area (Å²) < 4.78 is 5.38. The smallest absolute Gasteiger partial charge is 0.339 e. The lowest BCUT2D eigenvalue weighted by Gasteiger charge is -2.25. The van der Waals surface area contributed by atoms with Gasteiger partial charge in [-0.15, -0.1) is 0 Å². The molecule has 9 heteroatoms. The van der Waals surface area contributed by atoms with Crippen molar-refractivity contribution in [1.82, 2.24) is 4.90 Å². The summed E-state index contributed by atoms with van der Waals surface area (Å²) in [5.74, 6) is -3.11. The van der Waals surface area contributed by atoms with Crippen LogP contribution in [0, 0.1) is 5.92 Å². The fraction of sp³-hybridized carbons (Fsp3) is 0.385. The zero-order valence-corrected chi connectivity index (χ0v) is 20.4. The molecule has 0 aliphatic carbocycles. The van der Waals surface area contributed by atoms with Crippen molar-refractivity contribution >= 4 is 35.2 Å². The van der Waals surface area contributed by atoms with Crippen LogP contribution in [-0.4, -0.2) is 52.3 Å². The molecule has 35 heavy (non-hydrogen) atoms. The summed E-state index contributed by atoms with van der Waals surface area (Å²) >= 11 is 6.12. The van der Waals surface area contributed by atoms with Crippen LogP contribution in [-0.2, 0) is 20.8 Å². The number of imide groups is 1. The van der Waals surface area contributed by atoms with Crippen molar-refractivity contribution in [3.63, 3.8) is 0 Å². The number of hydrogen-bond donors (Lipinski definition) is 2. The largest absolute Gasteiger partial charge is 0.507 e. The number of aromatic hydroxyl groups is 1. The molecule has 2 N–H and O–H groups in total. The van der Waals surface area contributed by atoms with Crippen molar-refractivity contribution in [2.24, 2.45) is 5.92 Å². The first kappa shape index (κ1) is 26.2. The minimum atomic E-state index is -1.26. The van der Waals surface area contributed by atoms with Gasteiger partial charge in [0.2, 0.25) is 11.8 Å². The van der Waals surface area contributed by atoms with E-state index in [9.17, 15) is 24.3 Å². The van der Waals surface area contributed by atoms with E-state index >= 15 is 0 Å². The second kappa shape index (κ2) is 11.4. The SMILES string of the molecule is CCC(CC(=O)N1CC(=O)CCC(Cc2cc(Cl)ccc2OC)C1=O)c1ccc(C(=O)O)c(O)c1. The Kier molecular flexibility index (Phi) is 8.51. The molecule has 1 fully saturated rings. The van der Waals surface area contributed by atoms with Crippen LogP contribution in [0.4, 0.5) is 0 Å². The molecule has 8 nitrogen and oxygen atoms in total. The van der Waals surface area contributed by atoms with Crippen molar-refractivity contribution in [3.8, 4) is 11.5 Å². The van der Waals surface area contributed by atoms with Crippen LogP contribution < -0.4 is 4.74 Å². The van der Waals surface area contributed by atoms with E-state index in [4.69, 9.17) is 21.4 Å². The van der Waals surface area contributed by atoms with Crippen LogP contribution in [0.15, 0.2) is 36.4 Å². The molecule has 3 rings (SSSR count). The topological polar surface area (TPSA) is 121 Å². The number of amides is 2. The van der Waals surface area contributed by atoms with E-state index in [1.165, 1.54) is 19.2 Å². The van der Waals surface area contributed by atoms with E-state index in [2.05, 4.69) is 0 Å². The third-order valence-corrected chi connectivity index (χ3v) is 6.60. The molecule has 1 heterocycles. The quantitative estimate of drug-likeness (QED) is 0.555. The number of rotatable bonds is 8. The Morgan fingerprint density at radius 3 is 2.57 bits per heavy atom. The minimum absolute atomic E-state index is 0.0609. The molecule has 186 valence electrons. The van der Waals surface area contributed by atoms with Crippen molar-refractivity contribution < 1.29 is 34.1 Å². The molecule has 2 amide bonds. The van der Waals surface area contributed by atoms with Gasteiger partial charge in [0.1, 0.15) is 17.1 Å². The predicted octanol–water partition coefficient (Wildman–Crippen LogP) is 4.21. The monoisotopic (exact) mass is 501 g/mol. The van der Waals surface area contributed by atoms with Gasteiger partial charge in [0.15, 0.2) is 5.78 Å². The summed E-state index contributed by atoms with van der Waals surface area (Å²) in [5.41, 5.74) is 1.07. The second-order valence-corrected chi connectivity index (χ2v) is 9.08. The maximum absolute atomic E-state index is 13.4. The number of nitrogens with zero attached hydrogens (tertiary/aromatic N) is 1. The Bertz CT molecular complexity index is 1150. The summed E-state index contributed by atoms with van der Waals surface area (Å²) in [7, 11) is 1.52. The lowest BCUT2D eigenvalue weighted by Crippen LogP contribution is -2.42. The van der Waals surface area contributed by atoms with E-state index in [-0.39, 0.29) is 43.1 Å². The number of methoxy groups -OCH3 is 1. The number of ketones is 1. The van der Waals surface area contributed by atoms with Gasteiger partial charge in [-0.2, -0.15) is 0 Å². The number of carboxylic acid groups (broad SMARTS) is 1. The van der Waals surface area contributed by atoms with Gasteiger partial charge in [-0.3, -0.25) is 19.3 Å². The van der Waals surface area contributed by atoms with Crippen LogP contribution in [0.25, 0.3) is 0 Å². The van der Waals surface area contributed by atoms with E-state index in [0.717, 1.165) is 10.5 Å². The number of aromatic carboxylic acids is 1. The number of Topliss-reactive ketones (excluding diaryl/α,β-unsaturated/α-hetero) is 1. The number of carbonyl (C=O) groups excluding carboxylic acids is 3. The van der Waals surface area contributed by atoms with Crippen LogP contribution in [0.5, 0.6) is 11.5 Å². The first-order valence-corrected chi connectivity index (χ1v) is 11.8. The Labute approximate surface area is 208 Å². The lowest BCUT2D eigenvalue weighted by molar-refractivity contribution is -0.148. The van der Waals surface area contributed by atoms with E-state index in [1.807, 2.05) is 6.92 Å². The van der Waals surface area contributed by atoms with Crippen LogP contribution >= 0.6 is 11.6 Å². The molecule has 2 unspecified atom stereocenters. The fourth-order valence-corrected chi connectivity index (χ4v) is 4.58. The highest BCUT2D eigenvalue weighted by Gasteiger charge is 2.35. The molecule has 2 aromatic rings. The first-order valence-electron chi connectivity index (χ1n) is 11.4. The van der Waals surface area contributed by atoms with Gasteiger partial charge in [0.05, 0.1) is 13.7 Å². The summed E-state index contributed by atoms with van der Waals surface area (Å²) in [6, 6.07) is 9.28. The fourth-order valence-electron chi connectivity index (χ4n) is 4.39. The number of ether oxygens (including phenoxy) is 1. The van der Waals surface area contributed by atoms with E-state index in [1.54, 1.807) is 24.3 Å². The minimum Gasteiger partial charge on any atom is -0.507 e. The molecule has 0 radical (unpaired) electrons. The van der Waals surface area contributed by atoms with E-state index in [0.29, 0.717) is 29.2 Å². The molecule has 1 aliphatic heterocycles. The number of halogens is 1. The maximum Gasteiger partial charge on any atom is 0.339 e. The molecule has 0 saturated carbocycles. The predicted molar refractivity (Wildman–Crippen MR) is 129 cm³/mol. The summed E-state index contributed by atoms with van der Waals surface area (Å²) in [6.07, 6.45) is 1.23. The average molecular weight is 502 g/mol. The van der Waals surface area contributed by atoms with E-state index < -0.39 is 29.5 Å². The average Bonchev–Trinajstić information content (AvgIpc) is 2.96. The zero-order chi connectivity index (χ0) is 25.7. The Morgan fingerprint density at radius 2 is 1.94 bits per heavy atom. The summed E-state index contributed by atoms with van der Waals surface area (Å²) in [4.78, 5) is 51.2. The molecule has 1 aliphatic rings. The standard InChI is InChI=1S/C26H28ClNO7/c1-3-15(16-5-8-21(26(33)34)22(30)12-16)13-24(31)28-14-20(29)7-4-17(25(28)32)10-18-11-19(27)6-9-23(18)35-2/h5-6,8-9,11-12,15,17,30H,3-4,7,10,13-14H2,1-2H3,(H,33,34). The normalized spacial score (nSPS) is 17.1. The third kappa shape index (κ3) is 6.19. The first-order chi connectivity index (χ1) is 16.6. The molecular weight excluding hydrogens is 474 g/mol. The van der Waals surface area contributed by atoms with Gasteiger partial charge >= 0.3 is 5.97 Å². The van der Waals surface area contributed by atoms with Gasteiger partial charge in [-0.1, -0.05) is 24.6 Å². The molecule has 0 bridgehead atoms. The lowest BCUT2D eigenvalue weighted by atomic mass is 9.91. The van der Waals surface area contributed by atoms with Crippen molar-refractivity contribution in [3.05, 3.63) is 58.1 Å². The summed E-state index contributed by atoms with van der Waals surface area (Å²) in [5, 5.41) is 19.7. The molecule has 0 spiro atoms. The van der Waals surface area contributed by atoms with Gasteiger partial charge < -0.3 is 14.9 Å². The number of carboxylic acids is 1. The number of carbonyl (C=O) groups is 4. The van der Waals surface area contributed by atoms with Gasteiger partial charge in [-0.25, -0.2) is 4.79 Å². The number of hydrogen-bond acceptors (Lipinski definition) is 6. The second-order valence-electron chi connectivity index (χ2n) is 8.64. The van der Waals surface area contributed by atoms with Crippen LogP contribution in [0.2, 0.25) is 5.02 Å². The summed E-state index contributed by atoms with van der Waals surface area (Å²) in [6.45, 7) is 1.57. The van der Waals surface area contributed by atoms with Crippen molar-refractivity contribution in [2.75, 3.05) is 13.7 Å². The Hall–Kier alpha value is -3.39. The molecular formula is C26H28ClNO7. The van der Waals surface area contributed by atoms with Crippen LogP contribution in [0.1, 0.15) is 60.0 Å². The molecule has 2 aromatic carbocycles. The Balaban J connectivity index is 1.81. The van der Waals surface area contributed by atoms with Gasteiger partial charge in [0, 0.05) is 23.8 Å². The number of phenols is 1. The highest BCUT2D eigenvalue weighted by atomic mass is 35.5. The molecule has 1 saturated heterocycles. The van der Waals surface area contributed by atoms with Gasteiger partial charge in [-0.05, 0) is 66.6 Å². The van der Waals surface area contributed by atoms with Crippen molar-refractivity contribution in [1.29, 1.82) is 0 Å². The zero-order valence-electron chi connectivity index (χ0n) is 19.6. The third-order valence-electron chi connectivity index (χ3n) is 6.37. The van der Waals surface area contributed by atoms with Crippen LogP contribution in [0.3, 0.4) is 0 Å². The molecule has 0 aromatic heterocycles. The van der Waals surface area contributed by atoms with Crippen molar-refractivity contribution in [2.45, 2.75) is 44.9 Å². The highest BCUT2D eigenvalue weighted by molar-refractivity contribution is 6.30. The molecule has 2 atom stereocenters. The number of benzene rings is 2. The van der Waals surface area contributed by atoms with Gasteiger partial charge in [0.25, 0.3) is 0 Å². The maximum atomic E-state index is 13.4. The Morgan fingerprint density at radius 1 is 1.20 bits per heavy atom.